The average molecular weight is 463 g/mol. The SMILES string of the molecule is CSCCC(NC(=O)C1CCCN1C(=O)C(N)CS)C(=O)NC(CC(C)C)C(=O)O. The van der Waals surface area contributed by atoms with E-state index in [1.54, 1.807) is 0 Å². The van der Waals surface area contributed by atoms with Crippen LogP contribution in [0.1, 0.15) is 39.5 Å². The van der Waals surface area contributed by atoms with Crippen LogP contribution in [0, 0.1) is 5.92 Å². The molecule has 1 saturated heterocycles. The first kappa shape index (κ1) is 26.6. The van der Waals surface area contributed by atoms with E-state index in [9.17, 15) is 24.3 Å². The lowest BCUT2D eigenvalue weighted by atomic mass is 10.0. The van der Waals surface area contributed by atoms with Gasteiger partial charge in [-0.2, -0.15) is 24.4 Å². The molecule has 1 heterocycles. The minimum Gasteiger partial charge on any atom is -0.480 e. The van der Waals surface area contributed by atoms with Gasteiger partial charge in [0.15, 0.2) is 0 Å². The Kier molecular flexibility index (Phi) is 11.6. The Morgan fingerprint density at radius 1 is 1.23 bits per heavy atom. The number of carboxylic acid groups (broad SMARTS) is 1. The molecule has 1 aliphatic rings. The molecule has 0 aromatic heterocycles. The van der Waals surface area contributed by atoms with Crippen molar-refractivity contribution < 1.29 is 24.3 Å². The van der Waals surface area contributed by atoms with Crippen LogP contribution in [-0.4, -0.2) is 82.2 Å². The number of nitrogens with two attached hydrogens (primary N) is 1. The molecule has 1 fully saturated rings. The largest absolute Gasteiger partial charge is 0.480 e. The number of hydrogen-bond donors (Lipinski definition) is 5. The highest BCUT2D eigenvalue weighted by molar-refractivity contribution is 7.98. The van der Waals surface area contributed by atoms with E-state index in [1.165, 1.54) is 16.7 Å². The molecule has 0 aliphatic carbocycles. The normalized spacial score (nSPS) is 19.3. The Morgan fingerprint density at radius 2 is 1.90 bits per heavy atom. The maximum Gasteiger partial charge on any atom is 0.326 e. The second-order valence-corrected chi connectivity index (χ2v) is 9.20. The van der Waals surface area contributed by atoms with Crippen molar-refractivity contribution in [3.05, 3.63) is 0 Å². The van der Waals surface area contributed by atoms with Gasteiger partial charge in [-0.1, -0.05) is 13.8 Å². The molecular formula is C19H34N4O5S2. The fraction of sp³-hybridized carbons (Fsp3) is 0.789. The van der Waals surface area contributed by atoms with E-state index >= 15 is 0 Å². The molecule has 9 nitrogen and oxygen atoms in total. The maximum absolute atomic E-state index is 12.9. The smallest absolute Gasteiger partial charge is 0.326 e. The number of likely N-dealkylation sites (tertiary alicyclic amines) is 1. The highest BCUT2D eigenvalue weighted by atomic mass is 32.2. The van der Waals surface area contributed by atoms with Gasteiger partial charge in [0.2, 0.25) is 17.7 Å². The van der Waals surface area contributed by atoms with E-state index in [0.29, 0.717) is 31.6 Å². The maximum atomic E-state index is 12.9. The molecule has 5 N–H and O–H groups in total. The second-order valence-electron chi connectivity index (χ2n) is 7.85. The molecule has 4 atom stereocenters. The van der Waals surface area contributed by atoms with Crippen LogP contribution in [0.25, 0.3) is 0 Å². The molecule has 0 aromatic carbocycles. The number of aliphatic carboxylic acids is 1. The molecule has 30 heavy (non-hydrogen) atoms. The molecular weight excluding hydrogens is 428 g/mol. The summed E-state index contributed by atoms with van der Waals surface area (Å²) in [6, 6.07) is -3.39. The Hall–Kier alpha value is -1.46. The van der Waals surface area contributed by atoms with Gasteiger partial charge in [-0.25, -0.2) is 4.79 Å². The summed E-state index contributed by atoms with van der Waals surface area (Å²) in [7, 11) is 0. The first-order chi connectivity index (χ1) is 14.1. The summed E-state index contributed by atoms with van der Waals surface area (Å²) in [5, 5.41) is 14.6. The Bertz CT molecular complexity index is 620. The zero-order valence-electron chi connectivity index (χ0n) is 17.8. The van der Waals surface area contributed by atoms with Gasteiger partial charge in [0.1, 0.15) is 18.1 Å². The van der Waals surface area contributed by atoms with E-state index in [0.717, 1.165) is 0 Å². The van der Waals surface area contributed by atoms with Crippen LogP contribution in [0.3, 0.4) is 0 Å². The molecule has 3 amide bonds. The van der Waals surface area contributed by atoms with E-state index in [1.807, 2.05) is 20.1 Å². The van der Waals surface area contributed by atoms with Gasteiger partial charge in [-0.3, -0.25) is 14.4 Å². The monoisotopic (exact) mass is 462 g/mol. The number of carboxylic acids is 1. The predicted octanol–water partition coefficient (Wildman–Crippen LogP) is 0.0879. The zero-order valence-corrected chi connectivity index (χ0v) is 19.5. The third kappa shape index (κ3) is 7.99. The summed E-state index contributed by atoms with van der Waals surface area (Å²) in [5.41, 5.74) is 5.77. The molecule has 0 bridgehead atoms. The van der Waals surface area contributed by atoms with Crippen LogP contribution < -0.4 is 16.4 Å². The first-order valence-corrected chi connectivity index (χ1v) is 12.1. The summed E-state index contributed by atoms with van der Waals surface area (Å²) in [4.78, 5) is 51.0. The Morgan fingerprint density at radius 3 is 2.43 bits per heavy atom. The van der Waals surface area contributed by atoms with Crippen LogP contribution in [0.5, 0.6) is 0 Å². The van der Waals surface area contributed by atoms with E-state index in [4.69, 9.17) is 5.73 Å². The van der Waals surface area contributed by atoms with E-state index in [-0.39, 0.29) is 24.0 Å². The number of nitrogens with one attached hydrogen (secondary N) is 2. The number of rotatable bonds is 12. The standard InChI is InChI=1S/C19H34N4O5S2/c1-11(2)9-14(19(27)28)22-16(24)13(6-8-30-3)21-17(25)15-5-4-7-23(15)18(26)12(20)10-29/h11-15,29H,4-10,20H2,1-3H3,(H,21,25)(H,22,24)(H,27,28). The van der Waals surface area contributed by atoms with Crippen LogP contribution in [-0.2, 0) is 19.2 Å². The lowest BCUT2D eigenvalue weighted by Crippen LogP contribution is -2.57. The summed E-state index contributed by atoms with van der Waals surface area (Å²) in [5.74, 6) is -1.54. The highest BCUT2D eigenvalue weighted by Crippen LogP contribution is 2.19. The van der Waals surface area contributed by atoms with Crippen molar-refractivity contribution in [1.29, 1.82) is 0 Å². The zero-order chi connectivity index (χ0) is 22.8. The lowest BCUT2D eigenvalue weighted by Gasteiger charge is -2.28. The van der Waals surface area contributed by atoms with Gasteiger partial charge in [0.25, 0.3) is 0 Å². The molecule has 172 valence electrons. The van der Waals surface area contributed by atoms with Gasteiger partial charge in [-0.05, 0) is 43.6 Å². The summed E-state index contributed by atoms with van der Waals surface area (Å²) in [6.07, 6.45) is 3.67. The number of amides is 3. The number of hydrogen-bond acceptors (Lipinski definition) is 7. The van der Waals surface area contributed by atoms with Crippen molar-refractivity contribution in [2.24, 2.45) is 11.7 Å². The van der Waals surface area contributed by atoms with Crippen molar-refractivity contribution in [3.8, 4) is 0 Å². The van der Waals surface area contributed by atoms with Crippen LogP contribution in [0.2, 0.25) is 0 Å². The van der Waals surface area contributed by atoms with Crippen LogP contribution >= 0.6 is 24.4 Å². The third-order valence-corrected chi connectivity index (χ3v) is 5.96. The second kappa shape index (κ2) is 13.1. The van der Waals surface area contributed by atoms with Crippen molar-refractivity contribution in [2.75, 3.05) is 24.3 Å². The minimum atomic E-state index is -1.11. The first-order valence-electron chi connectivity index (χ1n) is 10.1. The molecule has 0 radical (unpaired) electrons. The molecule has 1 aliphatic heterocycles. The van der Waals surface area contributed by atoms with Crippen molar-refractivity contribution in [1.82, 2.24) is 15.5 Å². The molecule has 0 spiro atoms. The number of thiol groups is 1. The predicted molar refractivity (Wildman–Crippen MR) is 121 cm³/mol. The van der Waals surface area contributed by atoms with Gasteiger partial charge in [0.05, 0.1) is 6.04 Å². The van der Waals surface area contributed by atoms with Gasteiger partial charge >= 0.3 is 5.97 Å². The van der Waals surface area contributed by atoms with Crippen molar-refractivity contribution in [3.63, 3.8) is 0 Å². The highest BCUT2D eigenvalue weighted by Gasteiger charge is 2.37. The topological polar surface area (TPSA) is 142 Å². The fourth-order valence-electron chi connectivity index (χ4n) is 3.33. The summed E-state index contributed by atoms with van der Waals surface area (Å²) < 4.78 is 0. The minimum absolute atomic E-state index is 0.0831. The molecule has 0 saturated carbocycles. The number of carbonyl (C=O) groups is 4. The molecule has 11 heteroatoms. The quantitative estimate of drug-likeness (QED) is 0.259. The Balaban J connectivity index is 2.87. The average Bonchev–Trinajstić information content (AvgIpc) is 3.18. The summed E-state index contributed by atoms with van der Waals surface area (Å²) in [6.45, 7) is 4.17. The lowest BCUT2D eigenvalue weighted by molar-refractivity contribution is -0.143. The third-order valence-electron chi connectivity index (χ3n) is 4.92. The number of carbonyl (C=O) groups excluding carboxylic acids is 3. The number of nitrogens with zero attached hydrogens (tertiary/aromatic N) is 1. The molecule has 4 unspecified atom stereocenters. The molecule has 0 aromatic rings. The van der Waals surface area contributed by atoms with Crippen molar-refractivity contribution >= 4 is 48.1 Å². The van der Waals surface area contributed by atoms with Gasteiger partial charge < -0.3 is 26.4 Å². The van der Waals surface area contributed by atoms with Crippen molar-refractivity contribution in [2.45, 2.75) is 63.7 Å². The molecule has 1 rings (SSSR count). The van der Waals surface area contributed by atoms with Gasteiger partial charge in [0, 0.05) is 12.3 Å². The Labute approximate surface area is 187 Å². The fourth-order valence-corrected chi connectivity index (χ4v) is 3.96. The van der Waals surface area contributed by atoms with Crippen LogP contribution in [0.4, 0.5) is 0 Å². The van der Waals surface area contributed by atoms with E-state index in [2.05, 4.69) is 23.3 Å². The number of thioether (sulfide) groups is 1. The van der Waals surface area contributed by atoms with Gasteiger partial charge in [-0.15, -0.1) is 0 Å². The van der Waals surface area contributed by atoms with E-state index < -0.39 is 42.0 Å². The van der Waals surface area contributed by atoms with Crippen LogP contribution in [0.15, 0.2) is 0 Å². The summed E-state index contributed by atoms with van der Waals surface area (Å²) >= 11 is 5.56.